The van der Waals surface area contributed by atoms with Crippen LogP contribution in [0.5, 0.6) is 0 Å². The molecule has 132 valence electrons. The van der Waals surface area contributed by atoms with E-state index in [0.29, 0.717) is 45.3 Å². The lowest BCUT2D eigenvalue weighted by atomic mass is 9.95. The first-order chi connectivity index (χ1) is 11.4. The van der Waals surface area contributed by atoms with Crippen molar-refractivity contribution in [2.45, 2.75) is 44.7 Å². The molecule has 0 aromatic heterocycles. The third kappa shape index (κ3) is 2.95. The van der Waals surface area contributed by atoms with Crippen LogP contribution in [0.25, 0.3) is 0 Å². The van der Waals surface area contributed by atoms with Crippen molar-refractivity contribution in [2.24, 2.45) is 5.92 Å². The number of amidine groups is 1. The molecular weight excluding hydrogens is 314 g/mol. The highest BCUT2D eigenvalue weighted by atomic mass is 16.5. The molecule has 3 heterocycles. The average molecular weight is 337 g/mol. The van der Waals surface area contributed by atoms with Gasteiger partial charge in [-0.2, -0.15) is 0 Å². The predicted octanol–water partition coefficient (Wildman–Crippen LogP) is -0.00383. The van der Waals surface area contributed by atoms with Gasteiger partial charge in [0, 0.05) is 32.5 Å². The molecule has 0 aromatic carbocycles. The van der Waals surface area contributed by atoms with Crippen molar-refractivity contribution in [3.05, 3.63) is 0 Å². The molecule has 3 aliphatic rings. The maximum atomic E-state index is 12.4. The van der Waals surface area contributed by atoms with Gasteiger partial charge in [-0.3, -0.25) is 20.2 Å². The molecule has 0 saturated carbocycles. The summed E-state index contributed by atoms with van der Waals surface area (Å²) in [5, 5.41) is 21.2. The number of carbonyl (C=O) groups excluding carboxylic acids is 3. The van der Waals surface area contributed by atoms with E-state index in [1.54, 1.807) is 4.90 Å². The van der Waals surface area contributed by atoms with E-state index in [4.69, 9.17) is 5.41 Å². The van der Waals surface area contributed by atoms with Crippen LogP contribution in [0.2, 0.25) is 0 Å². The van der Waals surface area contributed by atoms with E-state index in [0.717, 1.165) is 5.06 Å². The summed E-state index contributed by atoms with van der Waals surface area (Å²) in [6.45, 7) is 3.01. The molecule has 0 aromatic rings. The van der Waals surface area contributed by atoms with Crippen LogP contribution < -0.4 is 5.32 Å². The Balaban J connectivity index is 1.54. The number of hydrogen-bond acceptors (Lipinski definition) is 5. The average Bonchev–Trinajstić information content (AvgIpc) is 2.79. The maximum absolute atomic E-state index is 12.4. The Morgan fingerprint density at radius 3 is 2.50 bits per heavy atom. The fourth-order valence-corrected chi connectivity index (χ4v) is 3.73. The lowest BCUT2D eigenvalue weighted by Crippen LogP contribution is -2.52. The smallest absolute Gasteiger partial charge is 0.343 e. The molecule has 4 amide bonds. The molecule has 0 radical (unpaired) electrons. The van der Waals surface area contributed by atoms with E-state index in [9.17, 15) is 19.6 Å². The summed E-state index contributed by atoms with van der Waals surface area (Å²) >= 11 is 0. The number of piperidine rings is 2. The van der Waals surface area contributed by atoms with Crippen molar-refractivity contribution < 1.29 is 19.6 Å². The second-order valence-electron chi connectivity index (χ2n) is 6.71. The summed E-state index contributed by atoms with van der Waals surface area (Å²) in [6, 6.07) is -1.21. The topological polar surface area (TPSA) is 117 Å². The molecule has 3 N–H and O–H groups in total. The molecule has 3 rings (SSSR count). The maximum Gasteiger partial charge on any atom is 0.344 e. The number of fused-ring (bicyclic) bond motifs is 2. The predicted molar refractivity (Wildman–Crippen MR) is 83.4 cm³/mol. The number of nitrogens with one attached hydrogen (secondary N) is 2. The van der Waals surface area contributed by atoms with Gasteiger partial charge in [0.2, 0.25) is 11.8 Å². The van der Waals surface area contributed by atoms with Crippen LogP contribution in [-0.4, -0.2) is 75.5 Å². The van der Waals surface area contributed by atoms with Crippen molar-refractivity contribution in [1.29, 1.82) is 5.41 Å². The van der Waals surface area contributed by atoms with E-state index in [2.05, 4.69) is 5.32 Å². The second kappa shape index (κ2) is 6.39. The van der Waals surface area contributed by atoms with Gasteiger partial charge >= 0.3 is 6.03 Å². The Morgan fingerprint density at radius 1 is 1.21 bits per heavy atom. The number of hydrogen-bond donors (Lipinski definition) is 3. The minimum atomic E-state index is -0.503. The van der Waals surface area contributed by atoms with Crippen molar-refractivity contribution in [3.63, 3.8) is 0 Å². The number of amides is 4. The van der Waals surface area contributed by atoms with Crippen LogP contribution in [0.3, 0.4) is 0 Å². The molecule has 3 aliphatic heterocycles. The molecule has 2 bridgehead atoms. The summed E-state index contributed by atoms with van der Waals surface area (Å²) in [5.74, 6) is -0.422. The number of rotatable bonds is 2. The largest absolute Gasteiger partial charge is 0.344 e. The molecule has 0 spiro atoms. The molecular formula is C15H23N5O4. The van der Waals surface area contributed by atoms with E-state index in [1.165, 1.54) is 11.8 Å². The fraction of sp³-hybridized carbons (Fsp3) is 0.733. The number of carbonyl (C=O) groups is 3. The van der Waals surface area contributed by atoms with Gasteiger partial charge in [-0.25, -0.2) is 9.86 Å². The molecule has 0 aliphatic carbocycles. The molecule has 9 heteroatoms. The number of nitrogens with zero attached hydrogens (tertiary/aromatic N) is 3. The van der Waals surface area contributed by atoms with Gasteiger partial charge in [-0.15, -0.1) is 0 Å². The van der Waals surface area contributed by atoms with E-state index in [1.807, 2.05) is 0 Å². The highest BCUT2D eigenvalue weighted by molar-refractivity contribution is 6.01. The van der Waals surface area contributed by atoms with Crippen LogP contribution in [0.15, 0.2) is 0 Å². The molecule has 3 fully saturated rings. The van der Waals surface area contributed by atoms with Gasteiger partial charge in [0.1, 0.15) is 5.84 Å². The Hall–Kier alpha value is -2.16. The third-order valence-corrected chi connectivity index (χ3v) is 5.25. The summed E-state index contributed by atoms with van der Waals surface area (Å²) in [6.07, 6.45) is 2.32. The van der Waals surface area contributed by atoms with Gasteiger partial charge in [0.05, 0.1) is 12.1 Å². The summed E-state index contributed by atoms with van der Waals surface area (Å²) in [5.41, 5.74) is 0. The first-order valence-electron chi connectivity index (χ1n) is 8.32. The van der Waals surface area contributed by atoms with Crippen molar-refractivity contribution in [3.8, 4) is 0 Å². The molecule has 2 atom stereocenters. The van der Waals surface area contributed by atoms with Crippen LogP contribution in [0, 0.1) is 11.3 Å². The second-order valence-corrected chi connectivity index (χ2v) is 6.71. The Morgan fingerprint density at radius 2 is 1.88 bits per heavy atom. The zero-order chi connectivity index (χ0) is 17.4. The number of hydroxylamine groups is 2. The lowest BCUT2D eigenvalue weighted by molar-refractivity contribution is -0.133. The first-order valence-corrected chi connectivity index (χ1v) is 8.32. The summed E-state index contributed by atoms with van der Waals surface area (Å²) < 4.78 is 0. The van der Waals surface area contributed by atoms with Crippen LogP contribution in [-0.2, 0) is 9.59 Å². The number of urea groups is 1. The molecule has 3 saturated heterocycles. The van der Waals surface area contributed by atoms with Crippen molar-refractivity contribution in [2.75, 3.05) is 19.6 Å². The van der Waals surface area contributed by atoms with E-state index < -0.39 is 12.1 Å². The monoisotopic (exact) mass is 337 g/mol. The van der Waals surface area contributed by atoms with E-state index >= 15 is 0 Å². The van der Waals surface area contributed by atoms with Gasteiger partial charge < -0.3 is 15.1 Å². The van der Waals surface area contributed by atoms with Gasteiger partial charge in [0.25, 0.3) is 0 Å². The minimum Gasteiger partial charge on any atom is -0.343 e. The Kier molecular flexibility index (Phi) is 4.44. The number of likely N-dealkylation sites (tertiary alicyclic amines) is 1. The quantitative estimate of drug-likeness (QED) is 0.373. The SMILES string of the molecule is CC(=O)N1CCC(C(=O)NC(=N)[C@@H]2CC[C@@H]3CN2C(=O)N3O)CC1. The zero-order valence-electron chi connectivity index (χ0n) is 13.7. The van der Waals surface area contributed by atoms with Gasteiger partial charge in [-0.1, -0.05) is 0 Å². The Labute approximate surface area is 140 Å². The minimum absolute atomic E-state index is 0.0103. The standard InChI is InChI=1S/C15H23N5O4/c1-9(21)18-6-4-10(5-7-18)14(22)17-13(16)12-3-2-11-8-19(12)15(23)20(11)24/h10-12,24H,2-8H2,1H3,(H2,16,17,22)/t11-,12+/m1/s1. The Bertz CT molecular complexity index is 572. The molecule has 9 nitrogen and oxygen atoms in total. The van der Waals surface area contributed by atoms with Crippen LogP contribution in [0.4, 0.5) is 4.79 Å². The zero-order valence-corrected chi connectivity index (χ0v) is 13.7. The van der Waals surface area contributed by atoms with E-state index in [-0.39, 0.29) is 29.6 Å². The molecule has 0 unspecified atom stereocenters. The van der Waals surface area contributed by atoms with Crippen LogP contribution >= 0.6 is 0 Å². The summed E-state index contributed by atoms with van der Waals surface area (Å²) in [4.78, 5) is 38.8. The highest BCUT2D eigenvalue weighted by Gasteiger charge is 2.46. The molecule has 24 heavy (non-hydrogen) atoms. The lowest BCUT2D eigenvalue weighted by Gasteiger charge is -2.33. The third-order valence-electron chi connectivity index (χ3n) is 5.25. The fourth-order valence-electron chi connectivity index (χ4n) is 3.73. The summed E-state index contributed by atoms with van der Waals surface area (Å²) in [7, 11) is 0. The van der Waals surface area contributed by atoms with Gasteiger partial charge in [-0.05, 0) is 25.7 Å². The van der Waals surface area contributed by atoms with Crippen molar-refractivity contribution >= 4 is 23.7 Å². The van der Waals surface area contributed by atoms with Crippen LogP contribution in [0.1, 0.15) is 32.6 Å². The van der Waals surface area contributed by atoms with Gasteiger partial charge in [0.15, 0.2) is 0 Å². The van der Waals surface area contributed by atoms with Crippen molar-refractivity contribution in [1.82, 2.24) is 20.2 Å². The normalized spacial score (nSPS) is 27.4. The first kappa shape index (κ1) is 16.7. The highest BCUT2D eigenvalue weighted by Crippen LogP contribution is 2.28.